The third kappa shape index (κ3) is 3.32. The summed E-state index contributed by atoms with van der Waals surface area (Å²) in [5.41, 5.74) is 0. The first-order valence-electron chi connectivity index (χ1n) is 6.90. The molecule has 6 nitrogen and oxygen atoms in total. The fourth-order valence-electron chi connectivity index (χ4n) is 2.70. The second-order valence-electron chi connectivity index (χ2n) is 5.23. The summed E-state index contributed by atoms with van der Waals surface area (Å²) in [6.45, 7) is 5.24. The number of likely N-dealkylation sites (tertiary alicyclic amines) is 1. The maximum atomic E-state index is 11.4. The molecule has 1 aromatic heterocycles. The number of piperidine rings is 1. The molecular weight excluding hydrogens is 246 g/mol. The molecular formula is C13H21N3O3. The van der Waals surface area contributed by atoms with Crippen LogP contribution in [0.4, 0.5) is 0 Å². The van der Waals surface area contributed by atoms with Crippen LogP contribution in [0.3, 0.4) is 0 Å². The predicted molar refractivity (Wildman–Crippen MR) is 68.5 cm³/mol. The maximum absolute atomic E-state index is 11.4. The second-order valence-corrected chi connectivity index (χ2v) is 5.23. The lowest BCUT2D eigenvalue weighted by molar-refractivity contribution is -0.147. The smallest absolute Gasteiger partial charge is 0.321 e. The van der Waals surface area contributed by atoms with Gasteiger partial charge in [-0.3, -0.25) is 9.69 Å². The molecule has 1 N–H and O–H groups in total. The summed E-state index contributed by atoms with van der Waals surface area (Å²) in [4.78, 5) is 17.6. The van der Waals surface area contributed by atoms with Crippen molar-refractivity contribution in [3.8, 4) is 0 Å². The lowest BCUT2D eigenvalue weighted by Crippen LogP contribution is -2.48. The molecule has 1 aliphatic heterocycles. The summed E-state index contributed by atoms with van der Waals surface area (Å²) in [6.07, 6.45) is 3.74. The zero-order valence-corrected chi connectivity index (χ0v) is 11.5. The number of aliphatic carboxylic acids is 1. The van der Waals surface area contributed by atoms with Crippen LogP contribution in [0.25, 0.3) is 0 Å². The molecule has 6 heteroatoms. The van der Waals surface area contributed by atoms with Gasteiger partial charge >= 0.3 is 5.97 Å². The first kappa shape index (κ1) is 14.0. The van der Waals surface area contributed by atoms with Crippen LogP contribution in [0.1, 0.15) is 44.8 Å². The second kappa shape index (κ2) is 6.14. The minimum Gasteiger partial charge on any atom is -0.480 e. The van der Waals surface area contributed by atoms with Crippen molar-refractivity contribution in [3.05, 3.63) is 11.7 Å². The van der Waals surface area contributed by atoms with Gasteiger partial charge < -0.3 is 9.63 Å². The number of hydrogen-bond donors (Lipinski definition) is 1. The lowest BCUT2D eigenvalue weighted by atomic mass is 9.91. The molecule has 2 rings (SSSR count). The van der Waals surface area contributed by atoms with Gasteiger partial charge in [0.15, 0.2) is 5.82 Å². The standard InChI is InChI=1S/C13H21N3O3/c1-3-5-10-14-11(19-15-10)8-16-7-4-6-9(2)12(16)13(17)18/h9,12H,3-8H2,1-2H3,(H,17,18). The van der Waals surface area contributed by atoms with Crippen molar-refractivity contribution in [1.82, 2.24) is 15.0 Å². The van der Waals surface area contributed by atoms with Gasteiger partial charge in [0.1, 0.15) is 6.04 Å². The molecule has 0 aliphatic carbocycles. The van der Waals surface area contributed by atoms with Gasteiger partial charge in [0.05, 0.1) is 6.54 Å². The molecule has 2 heterocycles. The van der Waals surface area contributed by atoms with E-state index in [9.17, 15) is 9.90 Å². The third-order valence-corrected chi connectivity index (χ3v) is 3.61. The molecule has 0 amide bonds. The van der Waals surface area contributed by atoms with E-state index in [4.69, 9.17) is 4.52 Å². The summed E-state index contributed by atoms with van der Waals surface area (Å²) >= 11 is 0. The number of rotatable bonds is 5. The average Bonchev–Trinajstić information content (AvgIpc) is 2.76. The summed E-state index contributed by atoms with van der Waals surface area (Å²) in [6, 6.07) is -0.449. The fraction of sp³-hybridized carbons (Fsp3) is 0.769. The summed E-state index contributed by atoms with van der Waals surface area (Å²) < 4.78 is 5.19. The molecule has 2 atom stereocenters. The number of carboxylic acids is 1. The zero-order chi connectivity index (χ0) is 13.8. The topological polar surface area (TPSA) is 79.5 Å². The van der Waals surface area contributed by atoms with E-state index in [1.54, 1.807) is 0 Å². The van der Waals surface area contributed by atoms with E-state index in [1.807, 2.05) is 11.8 Å². The molecule has 19 heavy (non-hydrogen) atoms. The van der Waals surface area contributed by atoms with Crippen LogP contribution in [0.2, 0.25) is 0 Å². The highest BCUT2D eigenvalue weighted by molar-refractivity contribution is 5.74. The Morgan fingerprint density at radius 3 is 3.05 bits per heavy atom. The lowest BCUT2D eigenvalue weighted by Gasteiger charge is -2.36. The van der Waals surface area contributed by atoms with E-state index < -0.39 is 12.0 Å². The molecule has 1 aromatic rings. The van der Waals surface area contributed by atoms with E-state index in [-0.39, 0.29) is 5.92 Å². The van der Waals surface area contributed by atoms with Gasteiger partial charge in [0, 0.05) is 6.42 Å². The van der Waals surface area contributed by atoms with Gasteiger partial charge in [0.25, 0.3) is 0 Å². The minimum absolute atomic E-state index is 0.157. The van der Waals surface area contributed by atoms with Crippen LogP contribution in [0.15, 0.2) is 4.52 Å². The van der Waals surface area contributed by atoms with E-state index >= 15 is 0 Å². The molecule has 0 aromatic carbocycles. The van der Waals surface area contributed by atoms with Crippen LogP contribution in [0, 0.1) is 5.92 Å². The van der Waals surface area contributed by atoms with Crippen molar-refractivity contribution in [1.29, 1.82) is 0 Å². The molecule has 106 valence electrons. The summed E-state index contributed by atoms with van der Waals surface area (Å²) in [5, 5.41) is 13.2. The SMILES string of the molecule is CCCc1noc(CN2CCCC(C)C2C(=O)O)n1. The van der Waals surface area contributed by atoms with Gasteiger partial charge in [-0.05, 0) is 31.7 Å². The highest BCUT2D eigenvalue weighted by Crippen LogP contribution is 2.24. The van der Waals surface area contributed by atoms with Crippen molar-refractivity contribution in [2.75, 3.05) is 6.54 Å². The number of aromatic nitrogens is 2. The van der Waals surface area contributed by atoms with Crippen molar-refractivity contribution in [2.45, 2.75) is 52.1 Å². The van der Waals surface area contributed by atoms with E-state index in [1.165, 1.54) is 0 Å². The van der Waals surface area contributed by atoms with Gasteiger partial charge in [-0.1, -0.05) is 19.0 Å². The molecule has 2 unspecified atom stereocenters. The largest absolute Gasteiger partial charge is 0.480 e. The first-order chi connectivity index (χ1) is 9.11. The van der Waals surface area contributed by atoms with E-state index in [0.29, 0.717) is 18.3 Å². The van der Waals surface area contributed by atoms with Crippen LogP contribution in [-0.2, 0) is 17.8 Å². The van der Waals surface area contributed by atoms with Gasteiger partial charge in [0.2, 0.25) is 5.89 Å². The molecule has 0 radical (unpaired) electrons. The van der Waals surface area contributed by atoms with Crippen LogP contribution in [-0.4, -0.2) is 38.7 Å². The van der Waals surface area contributed by atoms with E-state index in [2.05, 4.69) is 17.1 Å². The Morgan fingerprint density at radius 1 is 1.58 bits per heavy atom. The van der Waals surface area contributed by atoms with Gasteiger partial charge in [-0.2, -0.15) is 4.98 Å². The Kier molecular flexibility index (Phi) is 4.52. The fourth-order valence-corrected chi connectivity index (χ4v) is 2.70. The Morgan fingerprint density at radius 2 is 2.37 bits per heavy atom. The highest BCUT2D eigenvalue weighted by Gasteiger charge is 2.34. The Labute approximate surface area is 112 Å². The van der Waals surface area contributed by atoms with Crippen molar-refractivity contribution in [2.24, 2.45) is 5.92 Å². The molecule has 1 fully saturated rings. The number of nitrogens with zero attached hydrogens (tertiary/aromatic N) is 3. The third-order valence-electron chi connectivity index (χ3n) is 3.61. The van der Waals surface area contributed by atoms with Crippen molar-refractivity contribution in [3.63, 3.8) is 0 Å². The minimum atomic E-state index is -0.763. The summed E-state index contributed by atoms with van der Waals surface area (Å²) in [5.74, 6) is 0.614. The number of aryl methyl sites for hydroxylation is 1. The number of carboxylic acid groups (broad SMARTS) is 1. The molecule has 1 saturated heterocycles. The Hall–Kier alpha value is -1.43. The quantitative estimate of drug-likeness (QED) is 0.874. The normalized spacial score (nSPS) is 24.5. The maximum Gasteiger partial charge on any atom is 0.321 e. The van der Waals surface area contributed by atoms with Crippen molar-refractivity contribution >= 4 is 5.97 Å². The van der Waals surface area contributed by atoms with Crippen LogP contribution < -0.4 is 0 Å². The Balaban J connectivity index is 2.04. The van der Waals surface area contributed by atoms with Gasteiger partial charge in [-0.25, -0.2) is 0 Å². The van der Waals surface area contributed by atoms with Crippen LogP contribution in [0.5, 0.6) is 0 Å². The highest BCUT2D eigenvalue weighted by atomic mass is 16.5. The van der Waals surface area contributed by atoms with Crippen LogP contribution >= 0.6 is 0 Å². The first-order valence-corrected chi connectivity index (χ1v) is 6.90. The predicted octanol–water partition coefficient (Wildman–Crippen LogP) is 1.71. The Bertz CT molecular complexity index is 433. The molecule has 0 saturated carbocycles. The summed E-state index contributed by atoms with van der Waals surface area (Å²) in [7, 11) is 0. The molecule has 0 bridgehead atoms. The van der Waals surface area contributed by atoms with Gasteiger partial charge in [-0.15, -0.1) is 0 Å². The average molecular weight is 267 g/mol. The number of hydrogen-bond acceptors (Lipinski definition) is 5. The van der Waals surface area contributed by atoms with Crippen molar-refractivity contribution < 1.29 is 14.4 Å². The molecule has 0 spiro atoms. The number of carbonyl (C=O) groups is 1. The monoisotopic (exact) mass is 267 g/mol. The molecule has 1 aliphatic rings. The zero-order valence-electron chi connectivity index (χ0n) is 11.5. The van der Waals surface area contributed by atoms with E-state index in [0.717, 1.165) is 32.2 Å².